The van der Waals surface area contributed by atoms with Gasteiger partial charge in [-0.15, -0.1) is 0 Å². The monoisotopic (exact) mass is 462 g/mol. The zero-order valence-electron chi connectivity index (χ0n) is 14.1. The van der Waals surface area contributed by atoms with Gasteiger partial charge in [-0.1, -0.05) is 11.6 Å². The van der Waals surface area contributed by atoms with Gasteiger partial charge in [-0.2, -0.15) is 5.10 Å². The van der Waals surface area contributed by atoms with Gasteiger partial charge < -0.3 is 10.1 Å². The Labute approximate surface area is 159 Å². The third-order valence-corrected chi connectivity index (χ3v) is 5.09. The molecule has 1 N–H and O–H groups in total. The molecule has 1 aliphatic carbocycles. The SMILES string of the molecule is CC1(NC(=O)OC(C)(C)C)CC(n2nc(I)c3c(Cl)nccc32)C1. The van der Waals surface area contributed by atoms with Gasteiger partial charge in [0.2, 0.25) is 0 Å². The van der Waals surface area contributed by atoms with Crippen LogP contribution in [0.1, 0.15) is 46.6 Å². The van der Waals surface area contributed by atoms with Gasteiger partial charge in [-0.3, -0.25) is 4.68 Å². The van der Waals surface area contributed by atoms with E-state index in [0.29, 0.717) is 5.15 Å². The van der Waals surface area contributed by atoms with Gasteiger partial charge >= 0.3 is 6.09 Å². The Kier molecular flexibility index (Phi) is 4.44. The number of carbonyl (C=O) groups is 1. The van der Waals surface area contributed by atoms with Crippen molar-refractivity contribution in [2.75, 3.05) is 0 Å². The molecule has 0 aromatic carbocycles. The molecule has 8 heteroatoms. The number of amides is 1. The summed E-state index contributed by atoms with van der Waals surface area (Å²) in [5.74, 6) is 0. The van der Waals surface area contributed by atoms with E-state index in [0.717, 1.165) is 27.4 Å². The van der Waals surface area contributed by atoms with Crippen LogP contribution in [0, 0.1) is 3.70 Å². The lowest BCUT2D eigenvalue weighted by molar-refractivity contribution is 0.0332. The number of ether oxygens (including phenoxy) is 1. The predicted molar refractivity (Wildman–Crippen MR) is 101 cm³/mol. The number of aromatic nitrogens is 3. The van der Waals surface area contributed by atoms with Crippen LogP contribution in [0.3, 0.4) is 0 Å². The van der Waals surface area contributed by atoms with Crippen molar-refractivity contribution in [1.29, 1.82) is 0 Å². The molecule has 2 heterocycles. The molecule has 3 rings (SSSR count). The number of hydrogen-bond donors (Lipinski definition) is 1. The van der Waals surface area contributed by atoms with E-state index < -0.39 is 5.60 Å². The molecule has 0 bridgehead atoms. The van der Waals surface area contributed by atoms with Crippen LogP contribution >= 0.6 is 34.2 Å². The first-order valence-corrected chi connectivity index (χ1v) is 9.23. The summed E-state index contributed by atoms with van der Waals surface area (Å²) in [6.45, 7) is 7.59. The summed E-state index contributed by atoms with van der Waals surface area (Å²) in [5, 5.41) is 8.94. The molecule has 0 spiro atoms. The molecule has 1 aliphatic rings. The van der Waals surface area contributed by atoms with Crippen LogP contribution in [-0.2, 0) is 4.74 Å². The molecular formula is C16H20ClIN4O2. The zero-order valence-corrected chi connectivity index (χ0v) is 17.0. The maximum absolute atomic E-state index is 12.0. The van der Waals surface area contributed by atoms with Crippen molar-refractivity contribution in [1.82, 2.24) is 20.1 Å². The van der Waals surface area contributed by atoms with E-state index in [1.165, 1.54) is 0 Å². The number of nitrogens with zero attached hydrogens (tertiary/aromatic N) is 3. The molecule has 6 nitrogen and oxygen atoms in total. The topological polar surface area (TPSA) is 69.0 Å². The van der Waals surface area contributed by atoms with Crippen LogP contribution in [0.25, 0.3) is 10.9 Å². The van der Waals surface area contributed by atoms with E-state index in [9.17, 15) is 4.79 Å². The van der Waals surface area contributed by atoms with Crippen molar-refractivity contribution in [3.63, 3.8) is 0 Å². The highest BCUT2D eigenvalue weighted by Gasteiger charge is 2.44. The van der Waals surface area contributed by atoms with Crippen LogP contribution in [-0.4, -0.2) is 32.0 Å². The third kappa shape index (κ3) is 3.46. The van der Waals surface area contributed by atoms with Crippen LogP contribution in [0.4, 0.5) is 4.79 Å². The fourth-order valence-electron chi connectivity index (χ4n) is 3.09. The van der Waals surface area contributed by atoms with E-state index in [1.54, 1.807) is 6.20 Å². The molecule has 1 fully saturated rings. The van der Waals surface area contributed by atoms with Crippen molar-refractivity contribution in [3.05, 3.63) is 21.1 Å². The Balaban J connectivity index is 1.73. The zero-order chi connectivity index (χ0) is 17.7. The molecule has 2 aromatic heterocycles. The molecule has 0 atom stereocenters. The molecule has 24 heavy (non-hydrogen) atoms. The van der Waals surface area contributed by atoms with E-state index in [-0.39, 0.29) is 17.7 Å². The molecule has 1 saturated carbocycles. The highest BCUT2D eigenvalue weighted by Crippen LogP contribution is 2.43. The fraction of sp³-hybridized carbons (Fsp3) is 0.562. The highest BCUT2D eigenvalue weighted by molar-refractivity contribution is 14.1. The summed E-state index contributed by atoms with van der Waals surface area (Å²) >= 11 is 8.36. The van der Waals surface area contributed by atoms with Crippen molar-refractivity contribution in [3.8, 4) is 0 Å². The number of rotatable bonds is 2. The maximum Gasteiger partial charge on any atom is 0.408 e. The van der Waals surface area contributed by atoms with Crippen molar-refractivity contribution in [2.45, 2.75) is 57.7 Å². The minimum Gasteiger partial charge on any atom is -0.444 e. The first kappa shape index (κ1) is 17.7. The molecule has 0 unspecified atom stereocenters. The van der Waals surface area contributed by atoms with Crippen LogP contribution in [0.2, 0.25) is 5.15 Å². The van der Waals surface area contributed by atoms with Crippen molar-refractivity contribution < 1.29 is 9.53 Å². The van der Waals surface area contributed by atoms with Gasteiger partial charge in [0.15, 0.2) is 0 Å². The van der Waals surface area contributed by atoms with E-state index in [4.69, 9.17) is 16.3 Å². The second-order valence-corrected chi connectivity index (χ2v) is 8.86. The molecule has 0 saturated heterocycles. The van der Waals surface area contributed by atoms with Crippen molar-refractivity contribution >= 4 is 51.2 Å². The predicted octanol–water partition coefficient (Wildman–Crippen LogP) is 4.31. The Morgan fingerprint density at radius 2 is 2.17 bits per heavy atom. The second-order valence-electron chi connectivity index (χ2n) is 7.48. The van der Waals surface area contributed by atoms with E-state index >= 15 is 0 Å². The number of pyridine rings is 1. The van der Waals surface area contributed by atoms with Gasteiger partial charge in [0.25, 0.3) is 0 Å². The summed E-state index contributed by atoms with van der Waals surface area (Å²) in [4.78, 5) is 16.1. The summed E-state index contributed by atoms with van der Waals surface area (Å²) in [6.07, 6.45) is 2.89. The van der Waals surface area contributed by atoms with Gasteiger partial charge in [-0.25, -0.2) is 9.78 Å². The van der Waals surface area contributed by atoms with Crippen LogP contribution in [0.15, 0.2) is 12.3 Å². The van der Waals surface area contributed by atoms with E-state index in [2.05, 4.69) is 38.0 Å². The van der Waals surface area contributed by atoms with Crippen LogP contribution in [0.5, 0.6) is 0 Å². The summed E-state index contributed by atoms with van der Waals surface area (Å²) in [6, 6.07) is 2.14. The maximum atomic E-state index is 12.0. The highest BCUT2D eigenvalue weighted by atomic mass is 127. The molecule has 0 radical (unpaired) electrons. The Morgan fingerprint density at radius 3 is 2.79 bits per heavy atom. The average Bonchev–Trinajstić information content (AvgIpc) is 2.72. The number of hydrogen-bond acceptors (Lipinski definition) is 4. The minimum atomic E-state index is -0.498. The lowest BCUT2D eigenvalue weighted by atomic mass is 9.74. The summed E-state index contributed by atoms with van der Waals surface area (Å²) < 4.78 is 8.17. The first-order valence-electron chi connectivity index (χ1n) is 7.77. The summed E-state index contributed by atoms with van der Waals surface area (Å²) in [7, 11) is 0. The smallest absolute Gasteiger partial charge is 0.408 e. The number of halogens is 2. The number of fused-ring (bicyclic) bond motifs is 1. The lowest BCUT2D eigenvalue weighted by Gasteiger charge is -2.45. The standard InChI is InChI=1S/C16H20ClIN4O2/c1-15(2,3)24-14(23)20-16(4)7-9(8-16)22-10-5-6-19-12(17)11(10)13(18)21-22/h5-6,9H,7-8H2,1-4H3,(H,20,23). The fourth-order valence-corrected chi connectivity index (χ4v) is 4.26. The second kappa shape index (κ2) is 6.01. The average molecular weight is 463 g/mol. The quantitative estimate of drug-likeness (QED) is 0.533. The molecule has 2 aromatic rings. The van der Waals surface area contributed by atoms with Crippen LogP contribution < -0.4 is 5.32 Å². The summed E-state index contributed by atoms with van der Waals surface area (Å²) in [5.41, 5.74) is 0.193. The minimum absolute atomic E-state index is 0.217. The Morgan fingerprint density at radius 1 is 1.50 bits per heavy atom. The van der Waals surface area contributed by atoms with Crippen molar-refractivity contribution in [2.24, 2.45) is 0 Å². The number of alkyl carbamates (subject to hydrolysis) is 1. The van der Waals surface area contributed by atoms with Gasteiger partial charge in [-0.05, 0) is 69.2 Å². The van der Waals surface area contributed by atoms with Gasteiger partial charge in [0.05, 0.1) is 16.9 Å². The number of carbonyl (C=O) groups excluding carboxylic acids is 1. The number of nitrogens with one attached hydrogen (secondary N) is 1. The van der Waals surface area contributed by atoms with E-state index in [1.807, 2.05) is 38.4 Å². The Hall–Kier alpha value is -1.09. The molecular weight excluding hydrogens is 443 g/mol. The lowest BCUT2D eigenvalue weighted by Crippen LogP contribution is -2.56. The molecule has 1 amide bonds. The molecule has 130 valence electrons. The normalized spacial score (nSPS) is 23.8. The Bertz CT molecular complexity index is 793. The van der Waals surface area contributed by atoms with Gasteiger partial charge in [0, 0.05) is 11.7 Å². The first-order chi connectivity index (χ1) is 11.1. The third-order valence-electron chi connectivity index (χ3n) is 4.05. The largest absolute Gasteiger partial charge is 0.444 e. The molecule has 0 aliphatic heterocycles. The van der Waals surface area contributed by atoms with Gasteiger partial charge in [0.1, 0.15) is 14.5 Å².